The highest BCUT2D eigenvalue weighted by molar-refractivity contribution is 7.89. The fourth-order valence-electron chi connectivity index (χ4n) is 1.75. The summed E-state index contributed by atoms with van der Waals surface area (Å²) in [5.41, 5.74) is 2.13. The van der Waals surface area contributed by atoms with Gasteiger partial charge in [-0.25, -0.2) is 13.6 Å². The first-order valence-electron chi connectivity index (χ1n) is 6.02. The highest BCUT2D eigenvalue weighted by Crippen LogP contribution is 2.10. The van der Waals surface area contributed by atoms with Crippen LogP contribution in [0.1, 0.15) is 11.1 Å². The maximum atomic E-state index is 11.1. The van der Waals surface area contributed by atoms with Crippen LogP contribution in [0.2, 0.25) is 5.02 Å². The first-order valence-corrected chi connectivity index (χ1v) is 7.94. The Labute approximate surface area is 123 Å². The van der Waals surface area contributed by atoms with E-state index >= 15 is 0 Å². The minimum Gasteiger partial charge on any atom is -0.309 e. The first-order chi connectivity index (χ1) is 9.45. The summed E-state index contributed by atoms with van der Waals surface area (Å²) >= 11 is 5.81. The predicted molar refractivity (Wildman–Crippen MR) is 79.8 cm³/mol. The van der Waals surface area contributed by atoms with E-state index in [1.165, 1.54) is 12.1 Å². The maximum Gasteiger partial charge on any atom is 0.238 e. The van der Waals surface area contributed by atoms with Gasteiger partial charge in [0.05, 0.1) is 4.90 Å². The van der Waals surface area contributed by atoms with Gasteiger partial charge in [0.25, 0.3) is 0 Å². The predicted octanol–water partition coefficient (Wildman–Crippen LogP) is 2.28. The van der Waals surface area contributed by atoms with Crippen molar-refractivity contribution in [2.24, 2.45) is 5.14 Å². The van der Waals surface area contributed by atoms with Crippen LogP contribution in [-0.4, -0.2) is 8.42 Å². The molecular weight excluding hydrogens is 296 g/mol. The van der Waals surface area contributed by atoms with Crippen LogP contribution in [0.4, 0.5) is 0 Å². The van der Waals surface area contributed by atoms with Crippen molar-refractivity contribution in [3.63, 3.8) is 0 Å². The molecule has 0 aromatic heterocycles. The molecule has 0 atom stereocenters. The Morgan fingerprint density at radius 3 is 1.80 bits per heavy atom. The summed E-state index contributed by atoms with van der Waals surface area (Å²) < 4.78 is 22.2. The quantitative estimate of drug-likeness (QED) is 0.890. The Hall–Kier alpha value is -1.40. The summed E-state index contributed by atoms with van der Waals surface area (Å²) in [6.45, 7) is 1.36. The number of nitrogens with two attached hydrogens (primary N) is 1. The molecule has 0 spiro atoms. The molecule has 106 valence electrons. The molecule has 20 heavy (non-hydrogen) atoms. The average Bonchev–Trinajstić information content (AvgIpc) is 2.41. The molecule has 0 bridgehead atoms. The number of nitrogens with one attached hydrogen (secondary N) is 1. The van der Waals surface area contributed by atoms with E-state index in [0.717, 1.165) is 11.1 Å². The Bertz CT molecular complexity index is 667. The lowest BCUT2D eigenvalue weighted by Crippen LogP contribution is -2.14. The molecule has 6 heteroatoms. The Balaban J connectivity index is 1.90. The minimum absolute atomic E-state index is 0.124. The van der Waals surface area contributed by atoms with Crippen LogP contribution in [0.5, 0.6) is 0 Å². The highest BCUT2D eigenvalue weighted by atomic mass is 35.5. The van der Waals surface area contributed by atoms with Gasteiger partial charge < -0.3 is 5.32 Å². The number of hydrogen-bond acceptors (Lipinski definition) is 3. The number of benzene rings is 2. The summed E-state index contributed by atoms with van der Waals surface area (Å²) in [4.78, 5) is 0.124. The van der Waals surface area contributed by atoms with Crippen molar-refractivity contribution >= 4 is 21.6 Å². The van der Waals surface area contributed by atoms with Gasteiger partial charge in [-0.15, -0.1) is 0 Å². The molecule has 0 unspecified atom stereocenters. The van der Waals surface area contributed by atoms with Crippen LogP contribution in [-0.2, 0) is 23.1 Å². The Morgan fingerprint density at radius 2 is 1.35 bits per heavy atom. The number of primary sulfonamides is 1. The molecule has 0 saturated heterocycles. The van der Waals surface area contributed by atoms with E-state index in [9.17, 15) is 8.42 Å². The summed E-state index contributed by atoms with van der Waals surface area (Å²) in [7, 11) is -3.62. The van der Waals surface area contributed by atoms with Crippen molar-refractivity contribution in [1.82, 2.24) is 5.32 Å². The molecule has 0 aliphatic carbocycles. The van der Waals surface area contributed by atoms with Crippen molar-refractivity contribution in [3.05, 3.63) is 64.7 Å². The lowest BCUT2D eigenvalue weighted by Gasteiger charge is -2.06. The maximum absolute atomic E-state index is 11.1. The van der Waals surface area contributed by atoms with Crippen molar-refractivity contribution in [3.8, 4) is 0 Å². The zero-order valence-electron chi connectivity index (χ0n) is 10.7. The second kappa shape index (κ2) is 6.37. The van der Waals surface area contributed by atoms with E-state index in [4.69, 9.17) is 16.7 Å². The zero-order chi connectivity index (χ0) is 14.6. The summed E-state index contributed by atoms with van der Waals surface area (Å²) in [5, 5.41) is 9.03. The average molecular weight is 311 g/mol. The molecule has 0 heterocycles. The second-order valence-corrected chi connectivity index (χ2v) is 6.42. The molecule has 0 fully saturated rings. The molecule has 2 rings (SSSR count). The van der Waals surface area contributed by atoms with E-state index in [1.54, 1.807) is 12.1 Å². The lowest BCUT2D eigenvalue weighted by molar-refractivity contribution is 0.597. The van der Waals surface area contributed by atoms with Crippen LogP contribution in [0, 0.1) is 0 Å². The lowest BCUT2D eigenvalue weighted by atomic mass is 10.2. The van der Waals surface area contributed by atoms with Gasteiger partial charge in [-0.3, -0.25) is 0 Å². The fraction of sp³-hybridized carbons (Fsp3) is 0.143. The smallest absolute Gasteiger partial charge is 0.238 e. The first kappa shape index (κ1) is 15.0. The number of hydrogen-bond donors (Lipinski definition) is 2. The molecule has 0 aliphatic heterocycles. The highest BCUT2D eigenvalue weighted by Gasteiger charge is 2.06. The molecule has 4 nitrogen and oxygen atoms in total. The van der Waals surface area contributed by atoms with Gasteiger partial charge in [0.2, 0.25) is 10.0 Å². The molecular formula is C14H15ClN2O2S. The van der Waals surface area contributed by atoms with E-state index in [0.29, 0.717) is 18.1 Å². The third-order valence-corrected chi connectivity index (χ3v) is 4.00. The topological polar surface area (TPSA) is 72.2 Å². The second-order valence-electron chi connectivity index (χ2n) is 4.42. The molecule has 2 aromatic carbocycles. The molecule has 0 amide bonds. The van der Waals surface area contributed by atoms with Gasteiger partial charge in [-0.2, -0.15) is 0 Å². The van der Waals surface area contributed by atoms with E-state index in [1.807, 2.05) is 24.3 Å². The standard InChI is InChI=1S/C14H15ClN2O2S/c15-13-5-1-11(2-6-13)9-17-10-12-3-7-14(8-4-12)20(16,18)19/h1-8,17H,9-10H2,(H2,16,18,19). The third-order valence-electron chi connectivity index (χ3n) is 2.82. The van der Waals surface area contributed by atoms with Crippen molar-refractivity contribution in [2.45, 2.75) is 18.0 Å². The molecule has 2 aromatic rings. The largest absolute Gasteiger partial charge is 0.309 e. The van der Waals surface area contributed by atoms with Crippen molar-refractivity contribution in [2.75, 3.05) is 0 Å². The van der Waals surface area contributed by atoms with Gasteiger partial charge in [-0.1, -0.05) is 35.9 Å². The summed E-state index contributed by atoms with van der Waals surface area (Å²) in [5.74, 6) is 0. The third kappa shape index (κ3) is 4.31. The fourth-order valence-corrected chi connectivity index (χ4v) is 2.39. The van der Waals surface area contributed by atoms with Crippen molar-refractivity contribution in [1.29, 1.82) is 0 Å². The minimum atomic E-state index is -3.62. The van der Waals surface area contributed by atoms with Gasteiger partial charge in [0, 0.05) is 18.1 Å². The Morgan fingerprint density at radius 1 is 0.900 bits per heavy atom. The molecule has 0 aliphatic rings. The van der Waals surface area contributed by atoms with Crippen LogP contribution >= 0.6 is 11.6 Å². The SMILES string of the molecule is NS(=O)(=O)c1ccc(CNCc2ccc(Cl)cc2)cc1. The molecule has 0 radical (unpaired) electrons. The van der Waals surface area contributed by atoms with Crippen LogP contribution in [0.25, 0.3) is 0 Å². The Kier molecular flexibility index (Phi) is 4.77. The summed E-state index contributed by atoms with van der Waals surface area (Å²) in [6, 6.07) is 14.1. The van der Waals surface area contributed by atoms with E-state index < -0.39 is 10.0 Å². The molecule has 0 saturated carbocycles. The van der Waals surface area contributed by atoms with Crippen molar-refractivity contribution < 1.29 is 8.42 Å². The van der Waals surface area contributed by atoms with Crippen LogP contribution in [0.3, 0.4) is 0 Å². The number of halogens is 1. The van der Waals surface area contributed by atoms with E-state index in [-0.39, 0.29) is 4.90 Å². The van der Waals surface area contributed by atoms with Gasteiger partial charge in [0.15, 0.2) is 0 Å². The number of rotatable bonds is 5. The van der Waals surface area contributed by atoms with Crippen LogP contribution in [0.15, 0.2) is 53.4 Å². The summed E-state index contributed by atoms with van der Waals surface area (Å²) in [6.07, 6.45) is 0. The van der Waals surface area contributed by atoms with Gasteiger partial charge >= 0.3 is 0 Å². The number of sulfonamides is 1. The van der Waals surface area contributed by atoms with Gasteiger partial charge in [0.1, 0.15) is 0 Å². The molecule has 3 N–H and O–H groups in total. The van der Waals surface area contributed by atoms with Crippen LogP contribution < -0.4 is 10.5 Å². The normalized spacial score (nSPS) is 11.5. The zero-order valence-corrected chi connectivity index (χ0v) is 12.3. The van der Waals surface area contributed by atoms with Gasteiger partial charge in [-0.05, 0) is 35.4 Å². The monoisotopic (exact) mass is 310 g/mol. The van der Waals surface area contributed by atoms with E-state index in [2.05, 4.69) is 5.32 Å².